The fourth-order valence-electron chi connectivity index (χ4n) is 0.594. The molecule has 0 amide bonds. The van der Waals surface area contributed by atoms with E-state index >= 15 is 0 Å². The maximum absolute atomic E-state index is 10.8. The van der Waals surface area contributed by atoms with Crippen molar-refractivity contribution < 1.29 is 19.4 Å². The molecule has 0 aliphatic rings. The van der Waals surface area contributed by atoms with Gasteiger partial charge in [-0.3, -0.25) is 9.59 Å². The number of ether oxygens (including phenoxy) is 1. The van der Waals surface area contributed by atoms with E-state index in [1.165, 1.54) is 19.5 Å². The third-order valence-corrected chi connectivity index (χ3v) is 1.09. The lowest BCUT2D eigenvalue weighted by molar-refractivity contribution is -0.134. The summed E-state index contributed by atoms with van der Waals surface area (Å²) in [6.45, 7) is 1.08. The Bertz CT molecular complexity index is 399. The molecule has 90 valence electrons. The molecule has 8 heteroatoms. The van der Waals surface area contributed by atoms with Crippen molar-refractivity contribution in [3.8, 4) is 0 Å². The van der Waals surface area contributed by atoms with Crippen molar-refractivity contribution in [2.24, 2.45) is 0 Å². The van der Waals surface area contributed by atoms with Gasteiger partial charge in [0.15, 0.2) is 0 Å². The minimum Gasteiger partial charge on any atom is -0.481 e. The van der Waals surface area contributed by atoms with Crippen molar-refractivity contribution >= 4 is 24.3 Å². The Balaban J connectivity index is 0. The van der Waals surface area contributed by atoms with E-state index in [1.54, 1.807) is 0 Å². The first kappa shape index (κ1) is 16.5. The highest BCUT2D eigenvalue weighted by Gasteiger charge is 2.10. The quantitative estimate of drug-likeness (QED) is 0.683. The molecule has 0 radical (unpaired) electrons. The molecule has 0 aromatic carbocycles. The number of carbonyl (C=O) groups excluding carboxylic acids is 1. The fourth-order valence-corrected chi connectivity index (χ4v) is 0.594. The topological polar surface area (TPSA) is 109 Å². The van der Waals surface area contributed by atoms with Crippen LogP contribution in [0.1, 0.15) is 17.4 Å². The lowest BCUT2D eigenvalue weighted by Gasteiger charge is -1.93. The second-order valence-corrected chi connectivity index (χ2v) is 2.28. The number of carboxylic acids is 1. The SMILES string of the molecule is CC(=O)O.COC(=O)c1ncc[nH]c1=O.Cl. The number of esters is 1. The maximum atomic E-state index is 10.8. The Morgan fingerprint density at radius 2 is 2.00 bits per heavy atom. The average Bonchev–Trinajstić information content (AvgIpc) is 2.16. The summed E-state index contributed by atoms with van der Waals surface area (Å²) in [5.74, 6) is -1.56. The standard InChI is InChI=1S/C6H6N2O3.C2H4O2.ClH/c1-11-6(10)4-5(9)8-3-2-7-4;1-2(3)4;/h2-3H,1H3,(H,8,9);1H3,(H,3,4);1H. The van der Waals surface area contributed by atoms with Crippen molar-refractivity contribution in [3.63, 3.8) is 0 Å². The number of nitrogens with zero attached hydrogens (tertiary/aromatic N) is 1. The van der Waals surface area contributed by atoms with Crippen molar-refractivity contribution in [2.45, 2.75) is 6.92 Å². The molecule has 2 N–H and O–H groups in total. The van der Waals surface area contributed by atoms with Crippen LogP contribution < -0.4 is 5.56 Å². The summed E-state index contributed by atoms with van der Waals surface area (Å²) in [6, 6.07) is 0. The van der Waals surface area contributed by atoms with E-state index in [1.807, 2.05) is 0 Å². The largest absolute Gasteiger partial charge is 0.481 e. The summed E-state index contributed by atoms with van der Waals surface area (Å²) in [5.41, 5.74) is -0.769. The summed E-state index contributed by atoms with van der Waals surface area (Å²) in [5, 5.41) is 7.42. The number of halogens is 1. The Morgan fingerprint density at radius 1 is 1.50 bits per heavy atom. The van der Waals surface area contributed by atoms with Crippen LogP contribution in [-0.4, -0.2) is 34.1 Å². The summed E-state index contributed by atoms with van der Waals surface area (Å²) >= 11 is 0. The van der Waals surface area contributed by atoms with Gasteiger partial charge in [-0.15, -0.1) is 12.4 Å². The number of rotatable bonds is 1. The highest BCUT2D eigenvalue weighted by molar-refractivity contribution is 5.86. The Labute approximate surface area is 96.9 Å². The summed E-state index contributed by atoms with van der Waals surface area (Å²) < 4.78 is 4.30. The van der Waals surface area contributed by atoms with E-state index in [2.05, 4.69) is 14.7 Å². The van der Waals surface area contributed by atoms with Crippen LogP contribution in [0.2, 0.25) is 0 Å². The Morgan fingerprint density at radius 3 is 2.38 bits per heavy atom. The molecule has 1 aromatic heterocycles. The van der Waals surface area contributed by atoms with Gasteiger partial charge < -0.3 is 14.8 Å². The molecule has 1 rings (SSSR count). The minimum atomic E-state index is -0.833. The van der Waals surface area contributed by atoms with Gasteiger partial charge in [-0.25, -0.2) is 9.78 Å². The van der Waals surface area contributed by atoms with Crippen LogP contribution in [0.25, 0.3) is 0 Å². The van der Waals surface area contributed by atoms with E-state index in [0.29, 0.717) is 0 Å². The molecule has 0 aliphatic heterocycles. The molecule has 0 atom stereocenters. The van der Waals surface area contributed by atoms with E-state index in [0.717, 1.165) is 6.92 Å². The number of carboxylic acid groups (broad SMARTS) is 1. The van der Waals surface area contributed by atoms with Crippen molar-refractivity contribution in [2.75, 3.05) is 7.11 Å². The van der Waals surface area contributed by atoms with E-state index in [4.69, 9.17) is 9.90 Å². The predicted molar refractivity (Wildman–Crippen MR) is 56.8 cm³/mol. The predicted octanol–water partition coefficient (Wildman–Crippen LogP) is 0.0692. The number of methoxy groups -OCH3 is 1. The Hall–Kier alpha value is -1.89. The highest BCUT2D eigenvalue weighted by Crippen LogP contribution is 1.85. The molecule has 1 aromatic rings. The van der Waals surface area contributed by atoms with Gasteiger partial charge in [-0.05, 0) is 0 Å². The van der Waals surface area contributed by atoms with E-state index < -0.39 is 17.5 Å². The first-order chi connectivity index (χ1) is 6.99. The van der Waals surface area contributed by atoms with E-state index in [9.17, 15) is 9.59 Å². The van der Waals surface area contributed by atoms with Gasteiger partial charge in [0.2, 0.25) is 5.69 Å². The third kappa shape index (κ3) is 6.55. The number of H-pyrrole nitrogens is 1. The van der Waals surface area contributed by atoms with Gasteiger partial charge in [0.1, 0.15) is 0 Å². The van der Waals surface area contributed by atoms with Crippen molar-refractivity contribution in [1.82, 2.24) is 9.97 Å². The number of carbonyl (C=O) groups is 2. The molecule has 0 saturated heterocycles. The van der Waals surface area contributed by atoms with Crippen LogP contribution in [0.15, 0.2) is 17.2 Å². The number of aliphatic carboxylic acids is 1. The number of aromatic nitrogens is 2. The van der Waals surface area contributed by atoms with Gasteiger partial charge in [-0.1, -0.05) is 0 Å². The van der Waals surface area contributed by atoms with Crippen molar-refractivity contribution in [3.05, 3.63) is 28.4 Å². The molecule has 0 spiro atoms. The average molecular weight is 251 g/mol. The zero-order chi connectivity index (χ0) is 11.8. The van der Waals surface area contributed by atoms with Crippen LogP contribution in [0.4, 0.5) is 0 Å². The summed E-state index contributed by atoms with van der Waals surface area (Å²) in [7, 11) is 1.19. The Kier molecular flexibility index (Phi) is 8.70. The zero-order valence-corrected chi connectivity index (χ0v) is 9.41. The summed E-state index contributed by atoms with van der Waals surface area (Å²) in [4.78, 5) is 36.4. The number of aromatic amines is 1. The normalized spacial score (nSPS) is 7.88. The maximum Gasteiger partial charge on any atom is 0.362 e. The molecular weight excluding hydrogens is 240 g/mol. The van der Waals surface area contributed by atoms with Gasteiger partial charge >= 0.3 is 5.97 Å². The second kappa shape index (κ2) is 8.42. The van der Waals surface area contributed by atoms with Crippen LogP contribution in [-0.2, 0) is 9.53 Å². The molecule has 0 bridgehead atoms. The number of hydrogen-bond donors (Lipinski definition) is 2. The first-order valence-electron chi connectivity index (χ1n) is 3.80. The molecule has 0 saturated carbocycles. The van der Waals surface area contributed by atoms with Crippen LogP contribution in [0.5, 0.6) is 0 Å². The molecule has 0 unspecified atom stereocenters. The fraction of sp³-hybridized carbons (Fsp3) is 0.250. The van der Waals surface area contributed by atoms with Crippen molar-refractivity contribution in [1.29, 1.82) is 0 Å². The number of hydrogen-bond acceptors (Lipinski definition) is 5. The lowest BCUT2D eigenvalue weighted by atomic mass is 10.4. The monoisotopic (exact) mass is 250 g/mol. The molecule has 0 fully saturated rings. The lowest BCUT2D eigenvalue weighted by Crippen LogP contribution is -2.19. The smallest absolute Gasteiger partial charge is 0.362 e. The van der Waals surface area contributed by atoms with Gasteiger partial charge in [0.05, 0.1) is 7.11 Å². The van der Waals surface area contributed by atoms with Gasteiger partial charge in [0.25, 0.3) is 11.5 Å². The van der Waals surface area contributed by atoms with Gasteiger partial charge in [-0.2, -0.15) is 0 Å². The number of nitrogens with one attached hydrogen (secondary N) is 1. The van der Waals surface area contributed by atoms with Crippen LogP contribution >= 0.6 is 12.4 Å². The van der Waals surface area contributed by atoms with Crippen LogP contribution in [0.3, 0.4) is 0 Å². The molecule has 16 heavy (non-hydrogen) atoms. The van der Waals surface area contributed by atoms with E-state index in [-0.39, 0.29) is 18.1 Å². The summed E-state index contributed by atoms with van der Waals surface area (Å²) in [6.07, 6.45) is 2.66. The van der Waals surface area contributed by atoms with Crippen LogP contribution in [0, 0.1) is 0 Å². The molecule has 7 nitrogen and oxygen atoms in total. The highest BCUT2D eigenvalue weighted by atomic mass is 35.5. The van der Waals surface area contributed by atoms with Gasteiger partial charge in [0, 0.05) is 19.3 Å². The molecule has 1 heterocycles. The second-order valence-electron chi connectivity index (χ2n) is 2.28. The molecular formula is C8H11ClN2O5. The zero-order valence-electron chi connectivity index (χ0n) is 8.59. The minimum absolute atomic E-state index is 0. The molecule has 0 aliphatic carbocycles. The third-order valence-electron chi connectivity index (χ3n) is 1.09. The first-order valence-corrected chi connectivity index (χ1v) is 3.80.